The van der Waals surface area contributed by atoms with Crippen molar-refractivity contribution in [1.29, 1.82) is 0 Å². The lowest BCUT2D eigenvalue weighted by atomic mass is 10.1. The number of hydrogen-bond acceptors (Lipinski definition) is 6. The van der Waals surface area contributed by atoms with Crippen molar-refractivity contribution in [2.24, 2.45) is 0 Å². The second kappa shape index (κ2) is 5.88. The lowest BCUT2D eigenvalue weighted by Gasteiger charge is -2.13. The van der Waals surface area contributed by atoms with Gasteiger partial charge in [-0.1, -0.05) is 24.0 Å². The summed E-state index contributed by atoms with van der Waals surface area (Å²) < 4.78 is 10.8. The molecular formula is C13H15NO4S2. The van der Waals surface area contributed by atoms with Crippen molar-refractivity contribution in [3.8, 4) is 17.2 Å². The predicted molar refractivity (Wildman–Crippen MR) is 81.7 cm³/mol. The van der Waals surface area contributed by atoms with Crippen molar-refractivity contribution < 1.29 is 19.4 Å². The van der Waals surface area contributed by atoms with Crippen LogP contribution in [-0.4, -0.2) is 46.8 Å². The van der Waals surface area contributed by atoms with Crippen molar-refractivity contribution in [2.45, 2.75) is 11.7 Å². The summed E-state index contributed by atoms with van der Waals surface area (Å²) in [7, 11) is 4.61. The van der Waals surface area contributed by atoms with Crippen LogP contribution in [-0.2, 0) is 11.2 Å². The van der Waals surface area contributed by atoms with Crippen LogP contribution in [0.4, 0.5) is 0 Å². The van der Waals surface area contributed by atoms with Crippen LogP contribution in [0.1, 0.15) is 5.56 Å². The molecule has 20 heavy (non-hydrogen) atoms. The fourth-order valence-corrected chi connectivity index (χ4v) is 3.43. The van der Waals surface area contributed by atoms with Gasteiger partial charge in [0.15, 0.2) is 11.5 Å². The Morgan fingerprint density at radius 1 is 1.35 bits per heavy atom. The van der Waals surface area contributed by atoms with E-state index in [2.05, 4.69) is 0 Å². The third-order valence-electron chi connectivity index (χ3n) is 3.08. The zero-order valence-corrected chi connectivity index (χ0v) is 13.0. The first-order chi connectivity index (χ1) is 9.47. The van der Waals surface area contributed by atoms with E-state index in [9.17, 15) is 9.90 Å². The molecular weight excluding hydrogens is 298 g/mol. The predicted octanol–water partition coefficient (Wildman–Crippen LogP) is 1.81. The van der Waals surface area contributed by atoms with E-state index in [1.165, 1.54) is 30.9 Å². The molecule has 1 aliphatic rings. The summed E-state index contributed by atoms with van der Waals surface area (Å²) in [6.07, 6.45) is 0.501. The molecule has 0 aliphatic carbocycles. The van der Waals surface area contributed by atoms with Crippen molar-refractivity contribution in [3.63, 3.8) is 0 Å². The molecule has 1 fully saturated rings. The molecule has 7 heteroatoms. The molecule has 1 heterocycles. The number of hydrogen-bond donors (Lipinski definition) is 1. The van der Waals surface area contributed by atoms with E-state index in [1.54, 1.807) is 19.2 Å². The zero-order valence-electron chi connectivity index (χ0n) is 11.4. The molecule has 5 nitrogen and oxygen atoms in total. The van der Waals surface area contributed by atoms with Crippen LogP contribution in [0.5, 0.6) is 17.2 Å². The number of carbonyl (C=O) groups is 1. The van der Waals surface area contributed by atoms with Crippen LogP contribution in [0.25, 0.3) is 0 Å². The van der Waals surface area contributed by atoms with Gasteiger partial charge in [0.1, 0.15) is 4.32 Å². The van der Waals surface area contributed by atoms with Crippen molar-refractivity contribution >= 4 is 34.2 Å². The molecule has 2 rings (SSSR count). The van der Waals surface area contributed by atoms with Gasteiger partial charge in [-0.05, 0) is 24.1 Å². The highest BCUT2D eigenvalue weighted by atomic mass is 32.2. The van der Waals surface area contributed by atoms with E-state index < -0.39 is 0 Å². The third kappa shape index (κ3) is 2.69. The summed E-state index contributed by atoms with van der Waals surface area (Å²) in [5.74, 6) is 0.597. The number of phenolic OH excluding ortho intramolecular Hbond substituents is 1. The van der Waals surface area contributed by atoms with Crippen molar-refractivity contribution in [1.82, 2.24) is 4.90 Å². The number of rotatable bonds is 4. The number of thiocarbonyl (C=S) groups is 1. The fourth-order valence-electron chi connectivity index (χ4n) is 1.97. The Kier molecular flexibility index (Phi) is 4.39. The van der Waals surface area contributed by atoms with Crippen molar-refractivity contribution in [3.05, 3.63) is 17.7 Å². The minimum Gasteiger partial charge on any atom is -0.502 e. The minimum atomic E-state index is -0.244. The molecule has 1 N–H and O–H groups in total. The molecule has 1 aromatic carbocycles. The highest BCUT2D eigenvalue weighted by Gasteiger charge is 2.34. The Balaban J connectivity index is 2.26. The van der Waals surface area contributed by atoms with Gasteiger partial charge in [0, 0.05) is 7.05 Å². The standard InChI is InChI=1S/C13H15NO4S2/c1-14-12(16)10(20-13(14)19)6-7-4-8(17-2)11(15)9(5-7)18-3/h4-5,10,15H,6H2,1-3H3. The maximum absolute atomic E-state index is 12.0. The summed E-state index contributed by atoms with van der Waals surface area (Å²) in [6.45, 7) is 0. The number of thioether (sulfide) groups is 1. The molecule has 108 valence electrons. The average Bonchev–Trinajstić information content (AvgIpc) is 2.68. The molecule has 0 radical (unpaired) electrons. The highest BCUT2D eigenvalue weighted by Crippen LogP contribution is 2.38. The Labute approximate surface area is 126 Å². The molecule has 0 bridgehead atoms. The molecule has 1 aromatic rings. The van der Waals surface area contributed by atoms with Crippen LogP contribution in [0.2, 0.25) is 0 Å². The Hall–Kier alpha value is -1.47. The Morgan fingerprint density at radius 2 is 1.90 bits per heavy atom. The van der Waals surface area contributed by atoms with Crippen LogP contribution in [0.15, 0.2) is 12.1 Å². The van der Waals surface area contributed by atoms with Gasteiger partial charge in [0.25, 0.3) is 0 Å². The van der Waals surface area contributed by atoms with Gasteiger partial charge in [0.05, 0.1) is 19.5 Å². The number of carbonyl (C=O) groups excluding carboxylic acids is 1. The Morgan fingerprint density at radius 3 is 2.30 bits per heavy atom. The van der Waals surface area contributed by atoms with E-state index in [0.29, 0.717) is 22.2 Å². The van der Waals surface area contributed by atoms with Gasteiger partial charge in [-0.3, -0.25) is 9.69 Å². The SMILES string of the molecule is COc1cc(CC2SC(=S)N(C)C2=O)cc(OC)c1O. The zero-order chi connectivity index (χ0) is 14.9. The first-order valence-electron chi connectivity index (χ1n) is 5.90. The number of phenols is 1. The normalized spacial score (nSPS) is 18.6. The van der Waals surface area contributed by atoms with Gasteiger partial charge >= 0.3 is 0 Å². The van der Waals surface area contributed by atoms with Gasteiger partial charge in [0.2, 0.25) is 11.7 Å². The molecule has 1 saturated heterocycles. The lowest BCUT2D eigenvalue weighted by Crippen LogP contribution is -2.28. The maximum atomic E-state index is 12.0. The maximum Gasteiger partial charge on any atom is 0.241 e. The number of amides is 1. The van der Waals surface area contributed by atoms with E-state index in [0.717, 1.165) is 5.56 Å². The van der Waals surface area contributed by atoms with Gasteiger partial charge in [-0.25, -0.2) is 0 Å². The molecule has 1 atom stereocenters. The first kappa shape index (κ1) is 14.9. The molecule has 0 spiro atoms. The van der Waals surface area contributed by atoms with Crippen LogP contribution < -0.4 is 9.47 Å². The van der Waals surface area contributed by atoms with Gasteiger partial charge < -0.3 is 14.6 Å². The van der Waals surface area contributed by atoms with Gasteiger partial charge in [-0.2, -0.15) is 0 Å². The van der Waals surface area contributed by atoms with Crippen molar-refractivity contribution in [2.75, 3.05) is 21.3 Å². The van der Waals surface area contributed by atoms with Gasteiger partial charge in [-0.15, -0.1) is 0 Å². The minimum absolute atomic E-state index is 0.00833. The highest BCUT2D eigenvalue weighted by molar-refractivity contribution is 8.24. The number of methoxy groups -OCH3 is 2. The second-order valence-corrected chi connectivity index (χ2v) is 6.16. The molecule has 1 amide bonds. The number of ether oxygens (including phenoxy) is 2. The Bertz CT molecular complexity index is 536. The smallest absolute Gasteiger partial charge is 0.241 e. The number of aromatic hydroxyl groups is 1. The third-order valence-corrected chi connectivity index (χ3v) is 4.77. The van der Waals surface area contributed by atoms with E-state index in [-0.39, 0.29) is 16.9 Å². The van der Waals surface area contributed by atoms with Crippen LogP contribution in [0, 0.1) is 0 Å². The average molecular weight is 313 g/mol. The summed E-state index contributed by atoms with van der Waals surface area (Å²) in [4.78, 5) is 13.5. The summed E-state index contributed by atoms with van der Waals surface area (Å²) in [5, 5.41) is 9.62. The second-order valence-electron chi connectivity index (χ2n) is 4.32. The van der Waals surface area contributed by atoms with E-state index in [4.69, 9.17) is 21.7 Å². The van der Waals surface area contributed by atoms with E-state index in [1.807, 2.05) is 0 Å². The monoisotopic (exact) mass is 313 g/mol. The topological polar surface area (TPSA) is 59.0 Å². The number of benzene rings is 1. The molecule has 0 saturated carbocycles. The number of nitrogens with zero attached hydrogens (tertiary/aromatic N) is 1. The quantitative estimate of drug-likeness (QED) is 0.856. The molecule has 1 unspecified atom stereocenters. The lowest BCUT2D eigenvalue weighted by molar-refractivity contribution is -0.125. The summed E-state index contributed by atoms with van der Waals surface area (Å²) in [5.41, 5.74) is 0.848. The van der Waals surface area contributed by atoms with Crippen LogP contribution in [0.3, 0.4) is 0 Å². The molecule has 0 aromatic heterocycles. The van der Waals surface area contributed by atoms with E-state index >= 15 is 0 Å². The van der Waals surface area contributed by atoms with Crippen LogP contribution >= 0.6 is 24.0 Å². The largest absolute Gasteiger partial charge is 0.502 e. The summed E-state index contributed by atoms with van der Waals surface area (Å²) >= 11 is 6.48. The molecule has 1 aliphatic heterocycles. The first-order valence-corrected chi connectivity index (χ1v) is 7.18. The fraction of sp³-hybridized carbons (Fsp3) is 0.385. The summed E-state index contributed by atoms with van der Waals surface area (Å²) in [6, 6.07) is 3.40.